The second kappa shape index (κ2) is 4.94. The summed E-state index contributed by atoms with van der Waals surface area (Å²) in [4.78, 5) is 13.8. The van der Waals surface area contributed by atoms with Gasteiger partial charge in [-0.25, -0.2) is 4.79 Å². The lowest BCUT2D eigenvalue weighted by molar-refractivity contribution is 0.0226. The SMILES string of the molecule is CC(C)(C)OC(=O)N1CC2CC(CO)(CO)CC2C1. The van der Waals surface area contributed by atoms with Gasteiger partial charge in [0.05, 0.1) is 13.2 Å². The van der Waals surface area contributed by atoms with Crippen molar-refractivity contribution in [3.63, 3.8) is 0 Å². The fourth-order valence-corrected chi connectivity index (χ4v) is 3.38. The Hall–Kier alpha value is -0.810. The van der Waals surface area contributed by atoms with E-state index < -0.39 is 5.60 Å². The Morgan fingerprint density at radius 2 is 1.68 bits per heavy atom. The van der Waals surface area contributed by atoms with Crippen molar-refractivity contribution in [2.75, 3.05) is 26.3 Å². The van der Waals surface area contributed by atoms with Crippen molar-refractivity contribution in [3.05, 3.63) is 0 Å². The number of amides is 1. The molecule has 1 amide bonds. The molecular weight excluding hydrogens is 246 g/mol. The number of aliphatic hydroxyl groups excluding tert-OH is 2. The normalized spacial score (nSPS) is 29.4. The molecule has 0 bridgehead atoms. The minimum absolute atomic E-state index is 0.0307. The summed E-state index contributed by atoms with van der Waals surface area (Å²) in [6.45, 7) is 7.02. The predicted octanol–water partition coefficient (Wildman–Crippen LogP) is 1.23. The number of carbonyl (C=O) groups excluding carboxylic acids is 1. The standard InChI is InChI=1S/C14H25NO4/c1-13(2,3)19-12(18)15-6-10-4-14(8-16,9-17)5-11(10)7-15/h10-11,16-17H,4-9H2,1-3H3. The molecule has 2 unspecified atom stereocenters. The lowest BCUT2D eigenvalue weighted by Crippen LogP contribution is -2.37. The predicted molar refractivity (Wildman–Crippen MR) is 70.6 cm³/mol. The quantitative estimate of drug-likeness (QED) is 0.792. The van der Waals surface area contributed by atoms with Gasteiger partial charge in [-0.05, 0) is 45.4 Å². The smallest absolute Gasteiger partial charge is 0.410 e. The van der Waals surface area contributed by atoms with E-state index in [0.717, 1.165) is 12.8 Å². The number of rotatable bonds is 2. The highest BCUT2D eigenvalue weighted by molar-refractivity contribution is 5.68. The summed E-state index contributed by atoms with van der Waals surface area (Å²) >= 11 is 0. The molecule has 5 nitrogen and oxygen atoms in total. The van der Waals surface area contributed by atoms with Gasteiger partial charge in [0, 0.05) is 18.5 Å². The number of ether oxygens (including phenoxy) is 1. The minimum Gasteiger partial charge on any atom is -0.444 e. The van der Waals surface area contributed by atoms with Crippen molar-refractivity contribution < 1.29 is 19.7 Å². The van der Waals surface area contributed by atoms with Gasteiger partial charge < -0.3 is 19.8 Å². The zero-order valence-corrected chi connectivity index (χ0v) is 12.1. The van der Waals surface area contributed by atoms with Crippen LogP contribution in [0.3, 0.4) is 0 Å². The summed E-state index contributed by atoms with van der Waals surface area (Å²) in [5.74, 6) is 0.763. The van der Waals surface area contributed by atoms with Gasteiger partial charge in [-0.1, -0.05) is 0 Å². The molecule has 1 aliphatic carbocycles. The van der Waals surface area contributed by atoms with Gasteiger partial charge in [0.2, 0.25) is 0 Å². The number of likely N-dealkylation sites (tertiary alicyclic amines) is 1. The average Bonchev–Trinajstić information content (AvgIpc) is 2.81. The van der Waals surface area contributed by atoms with Crippen molar-refractivity contribution >= 4 is 6.09 Å². The summed E-state index contributed by atoms with van der Waals surface area (Å²) in [7, 11) is 0. The third kappa shape index (κ3) is 3.03. The Labute approximate surface area is 114 Å². The van der Waals surface area contributed by atoms with Crippen LogP contribution < -0.4 is 0 Å². The van der Waals surface area contributed by atoms with E-state index in [1.807, 2.05) is 20.8 Å². The molecule has 0 aromatic heterocycles. The van der Waals surface area contributed by atoms with Crippen LogP contribution in [0.15, 0.2) is 0 Å². The molecule has 5 heteroatoms. The summed E-state index contributed by atoms with van der Waals surface area (Å²) in [6.07, 6.45) is 1.34. The first-order valence-corrected chi connectivity index (χ1v) is 6.98. The number of aliphatic hydroxyl groups is 2. The van der Waals surface area contributed by atoms with Crippen LogP contribution in [0.5, 0.6) is 0 Å². The number of fused-ring (bicyclic) bond motifs is 1. The van der Waals surface area contributed by atoms with Crippen LogP contribution in [0, 0.1) is 17.3 Å². The van der Waals surface area contributed by atoms with E-state index >= 15 is 0 Å². The third-order valence-electron chi connectivity index (χ3n) is 4.29. The number of hydrogen-bond acceptors (Lipinski definition) is 4. The molecule has 2 atom stereocenters. The molecule has 0 spiro atoms. The Bertz CT molecular complexity index is 330. The Kier molecular flexibility index (Phi) is 3.80. The average molecular weight is 271 g/mol. The van der Waals surface area contributed by atoms with Gasteiger partial charge in [0.1, 0.15) is 5.60 Å². The highest BCUT2D eigenvalue weighted by atomic mass is 16.6. The lowest BCUT2D eigenvalue weighted by Gasteiger charge is -2.28. The third-order valence-corrected chi connectivity index (χ3v) is 4.29. The van der Waals surface area contributed by atoms with Crippen molar-refractivity contribution in [2.24, 2.45) is 17.3 Å². The van der Waals surface area contributed by atoms with Crippen molar-refractivity contribution in [2.45, 2.75) is 39.2 Å². The van der Waals surface area contributed by atoms with E-state index in [4.69, 9.17) is 4.74 Å². The van der Waals surface area contributed by atoms with Gasteiger partial charge in [-0.15, -0.1) is 0 Å². The van der Waals surface area contributed by atoms with Crippen LogP contribution >= 0.6 is 0 Å². The summed E-state index contributed by atoms with van der Waals surface area (Å²) in [5, 5.41) is 18.9. The molecule has 0 aromatic rings. The van der Waals surface area contributed by atoms with E-state index in [-0.39, 0.29) is 24.7 Å². The first-order chi connectivity index (χ1) is 8.78. The minimum atomic E-state index is -0.464. The highest BCUT2D eigenvalue weighted by Crippen LogP contribution is 2.48. The monoisotopic (exact) mass is 271 g/mol. The van der Waals surface area contributed by atoms with E-state index in [9.17, 15) is 15.0 Å². The topological polar surface area (TPSA) is 70.0 Å². The Morgan fingerprint density at radius 1 is 1.21 bits per heavy atom. The largest absolute Gasteiger partial charge is 0.444 e. The van der Waals surface area contributed by atoms with Crippen molar-refractivity contribution in [1.82, 2.24) is 4.90 Å². The molecule has 2 fully saturated rings. The molecule has 0 radical (unpaired) electrons. The molecule has 1 saturated heterocycles. The molecule has 2 N–H and O–H groups in total. The second-order valence-electron chi connectivity index (χ2n) is 7.13. The summed E-state index contributed by atoms with van der Waals surface area (Å²) in [6, 6.07) is 0. The van der Waals surface area contributed by atoms with Crippen molar-refractivity contribution in [1.29, 1.82) is 0 Å². The maximum atomic E-state index is 12.0. The van der Waals surface area contributed by atoms with E-state index in [1.54, 1.807) is 4.90 Å². The van der Waals surface area contributed by atoms with Gasteiger partial charge in [0.15, 0.2) is 0 Å². The molecule has 2 aliphatic rings. The fraction of sp³-hybridized carbons (Fsp3) is 0.929. The molecule has 1 saturated carbocycles. The first kappa shape index (κ1) is 14.6. The number of nitrogens with zero attached hydrogens (tertiary/aromatic N) is 1. The van der Waals surface area contributed by atoms with Gasteiger partial charge in [0.25, 0.3) is 0 Å². The zero-order valence-electron chi connectivity index (χ0n) is 12.1. The number of carbonyl (C=O) groups is 1. The van der Waals surface area contributed by atoms with Crippen LogP contribution in [-0.4, -0.2) is 53.1 Å². The van der Waals surface area contributed by atoms with E-state index in [1.165, 1.54) is 0 Å². The second-order valence-corrected chi connectivity index (χ2v) is 7.13. The molecule has 110 valence electrons. The van der Waals surface area contributed by atoms with E-state index in [0.29, 0.717) is 24.9 Å². The summed E-state index contributed by atoms with van der Waals surface area (Å²) in [5.41, 5.74) is -0.801. The highest BCUT2D eigenvalue weighted by Gasteiger charge is 2.49. The Balaban J connectivity index is 1.92. The molecule has 0 aromatic carbocycles. The molecule has 19 heavy (non-hydrogen) atoms. The molecule has 1 heterocycles. The van der Waals surface area contributed by atoms with Gasteiger partial charge >= 0.3 is 6.09 Å². The molecule has 2 rings (SSSR count). The van der Waals surface area contributed by atoms with Crippen LogP contribution in [0.2, 0.25) is 0 Å². The fourth-order valence-electron chi connectivity index (χ4n) is 3.38. The first-order valence-electron chi connectivity index (χ1n) is 6.98. The maximum Gasteiger partial charge on any atom is 0.410 e. The van der Waals surface area contributed by atoms with Crippen LogP contribution in [0.1, 0.15) is 33.6 Å². The van der Waals surface area contributed by atoms with Gasteiger partial charge in [-0.2, -0.15) is 0 Å². The summed E-state index contributed by atoms with van der Waals surface area (Å²) < 4.78 is 5.38. The molecule has 1 aliphatic heterocycles. The van der Waals surface area contributed by atoms with E-state index in [2.05, 4.69) is 0 Å². The van der Waals surface area contributed by atoms with Crippen LogP contribution in [-0.2, 0) is 4.74 Å². The van der Waals surface area contributed by atoms with Gasteiger partial charge in [-0.3, -0.25) is 0 Å². The maximum absolute atomic E-state index is 12.0. The van der Waals surface area contributed by atoms with Crippen LogP contribution in [0.25, 0.3) is 0 Å². The molecular formula is C14H25NO4. The Morgan fingerprint density at radius 3 is 2.05 bits per heavy atom. The van der Waals surface area contributed by atoms with Crippen molar-refractivity contribution in [3.8, 4) is 0 Å². The lowest BCUT2D eigenvalue weighted by atomic mass is 9.86. The van der Waals surface area contributed by atoms with Crippen LogP contribution in [0.4, 0.5) is 4.79 Å². The zero-order chi connectivity index (χ0) is 14.3. The number of hydrogen-bond donors (Lipinski definition) is 2.